The molecule has 4 rings (SSSR count). The van der Waals surface area contributed by atoms with Gasteiger partial charge in [0.15, 0.2) is 0 Å². The molecule has 0 bridgehead atoms. The highest BCUT2D eigenvalue weighted by Crippen LogP contribution is 2.33. The van der Waals surface area contributed by atoms with Crippen LogP contribution in [0.3, 0.4) is 0 Å². The highest BCUT2D eigenvalue weighted by Gasteiger charge is 2.21. The fraction of sp³-hybridized carbons (Fsp3) is 0.381. The minimum absolute atomic E-state index is 0.0715. The molecular formula is C42H54N4O2. The molecule has 4 aromatic carbocycles. The van der Waals surface area contributed by atoms with E-state index in [1.54, 1.807) is 12.4 Å². The Morgan fingerprint density at radius 3 is 1.25 bits per heavy atom. The highest BCUT2D eigenvalue weighted by atomic mass is 16.3. The molecule has 0 saturated carbocycles. The average molecular weight is 647 g/mol. The Bertz CT molecular complexity index is 1560. The van der Waals surface area contributed by atoms with Crippen molar-refractivity contribution in [1.82, 2.24) is 9.80 Å². The van der Waals surface area contributed by atoms with Gasteiger partial charge in [-0.05, 0) is 59.3 Å². The zero-order valence-electron chi connectivity index (χ0n) is 30.2. The third kappa shape index (κ3) is 10.6. The van der Waals surface area contributed by atoms with Crippen LogP contribution in [0.4, 0.5) is 0 Å². The van der Waals surface area contributed by atoms with E-state index in [1.807, 2.05) is 36.4 Å². The minimum Gasteiger partial charge on any atom is -0.507 e. The van der Waals surface area contributed by atoms with Crippen molar-refractivity contribution in [1.29, 1.82) is 0 Å². The fourth-order valence-electron chi connectivity index (χ4n) is 5.49. The molecule has 0 fully saturated rings. The quantitative estimate of drug-likeness (QED) is 0.143. The number of aromatic hydroxyl groups is 2. The molecule has 0 heterocycles. The third-order valence-corrected chi connectivity index (χ3v) is 8.61. The predicted octanol–water partition coefficient (Wildman–Crippen LogP) is 8.49. The Morgan fingerprint density at radius 1 is 0.562 bits per heavy atom. The second kappa shape index (κ2) is 16.2. The molecule has 0 amide bonds. The van der Waals surface area contributed by atoms with Crippen molar-refractivity contribution in [3.8, 4) is 11.5 Å². The van der Waals surface area contributed by atoms with Crippen LogP contribution < -0.4 is 0 Å². The smallest absolute Gasteiger partial charge is 0.128 e. The molecule has 0 spiro atoms. The maximum Gasteiger partial charge on any atom is 0.128 e. The number of aliphatic imine (C=N–C) groups is 2. The molecular weight excluding hydrogens is 592 g/mol. The first-order valence-electron chi connectivity index (χ1n) is 16.9. The molecule has 0 saturated heterocycles. The molecule has 0 radical (unpaired) electrons. The van der Waals surface area contributed by atoms with Crippen LogP contribution in [-0.4, -0.2) is 59.6 Å². The first-order valence-corrected chi connectivity index (χ1v) is 16.9. The van der Waals surface area contributed by atoms with E-state index in [9.17, 15) is 10.2 Å². The molecule has 254 valence electrons. The molecule has 0 aromatic heterocycles. The number of benzene rings is 4. The van der Waals surface area contributed by atoms with E-state index in [0.717, 1.165) is 46.5 Å². The van der Waals surface area contributed by atoms with Crippen molar-refractivity contribution in [3.63, 3.8) is 0 Å². The van der Waals surface area contributed by atoms with Crippen LogP contribution in [0.2, 0.25) is 0 Å². The van der Waals surface area contributed by atoms with Crippen LogP contribution in [-0.2, 0) is 37.0 Å². The zero-order chi connectivity index (χ0) is 34.9. The number of hydrogen-bond donors (Lipinski definition) is 2. The normalized spacial score (nSPS) is 12.6. The van der Waals surface area contributed by atoms with Crippen molar-refractivity contribution < 1.29 is 10.2 Å². The lowest BCUT2D eigenvalue weighted by Crippen LogP contribution is -2.30. The van der Waals surface area contributed by atoms with Gasteiger partial charge in [-0.3, -0.25) is 9.98 Å². The summed E-state index contributed by atoms with van der Waals surface area (Å²) in [6.45, 7) is 17.1. The lowest BCUT2D eigenvalue weighted by molar-refractivity contribution is 0.243. The van der Waals surface area contributed by atoms with Crippen LogP contribution in [0, 0.1) is 0 Å². The Labute approximate surface area is 288 Å². The number of hydrogen-bond acceptors (Lipinski definition) is 6. The molecule has 0 atom stereocenters. The second-order valence-electron chi connectivity index (χ2n) is 15.0. The molecule has 2 N–H and O–H groups in total. The molecule has 0 aliphatic heterocycles. The first kappa shape index (κ1) is 36.6. The van der Waals surface area contributed by atoms with Crippen molar-refractivity contribution in [2.24, 2.45) is 9.98 Å². The van der Waals surface area contributed by atoms with Crippen LogP contribution in [0.1, 0.15) is 86.1 Å². The summed E-state index contributed by atoms with van der Waals surface area (Å²) in [6, 6.07) is 28.7. The molecule has 4 aromatic rings. The number of nitrogens with zero attached hydrogens (tertiary/aromatic N) is 4. The van der Waals surface area contributed by atoms with Crippen molar-refractivity contribution in [2.75, 3.05) is 27.2 Å². The molecule has 6 nitrogen and oxygen atoms in total. The topological polar surface area (TPSA) is 71.7 Å². The van der Waals surface area contributed by atoms with Gasteiger partial charge in [0.1, 0.15) is 11.5 Å². The maximum atomic E-state index is 11.3. The van der Waals surface area contributed by atoms with Gasteiger partial charge in [0, 0.05) is 60.9 Å². The Morgan fingerprint density at radius 2 is 0.917 bits per heavy atom. The van der Waals surface area contributed by atoms with E-state index in [-0.39, 0.29) is 22.3 Å². The molecule has 0 aliphatic rings. The summed E-state index contributed by atoms with van der Waals surface area (Å²) in [5.74, 6) is 0.566. The lowest BCUT2D eigenvalue weighted by Gasteiger charge is -2.26. The summed E-state index contributed by atoms with van der Waals surface area (Å²) in [5, 5.41) is 22.6. The van der Waals surface area contributed by atoms with Crippen molar-refractivity contribution in [3.05, 3.63) is 129 Å². The average Bonchev–Trinajstić information content (AvgIpc) is 3.03. The Kier molecular flexibility index (Phi) is 12.4. The predicted molar refractivity (Wildman–Crippen MR) is 202 cm³/mol. The van der Waals surface area contributed by atoms with Crippen LogP contribution in [0.15, 0.2) is 94.9 Å². The molecule has 0 aliphatic carbocycles. The summed E-state index contributed by atoms with van der Waals surface area (Å²) in [4.78, 5) is 13.8. The highest BCUT2D eigenvalue weighted by molar-refractivity contribution is 5.85. The van der Waals surface area contributed by atoms with Gasteiger partial charge in [-0.15, -0.1) is 0 Å². The summed E-state index contributed by atoms with van der Waals surface area (Å²) in [6.07, 6.45) is 3.60. The van der Waals surface area contributed by atoms with Crippen LogP contribution in [0.25, 0.3) is 0 Å². The van der Waals surface area contributed by atoms with Gasteiger partial charge in [-0.1, -0.05) is 114 Å². The minimum atomic E-state index is -0.0715. The van der Waals surface area contributed by atoms with E-state index in [0.29, 0.717) is 26.2 Å². The van der Waals surface area contributed by atoms with Crippen LogP contribution in [0.5, 0.6) is 11.5 Å². The van der Waals surface area contributed by atoms with Gasteiger partial charge in [-0.25, -0.2) is 0 Å². The monoisotopic (exact) mass is 646 g/mol. The first-order chi connectivity index (χ1) is 22.7. The third-order valence-electron chi connectivity index (χ3n) is 8.61. The largest absolute Gasteiger partial charge is 0.507 e. The van der Waals surface area contributed by atoms with E-state index in [1.165, 1.54) is 11.1 Å². The summed E-state index contributed by atoms with van der Waals surface area (Å²) in [7, 11) is 4.17. The van der Waals surface area contributed by atoms with E-state index in [4.69, 9.17) is 0 Å². The van der Waals surface area contributed by atoms with Crippen molar-refractivity contribution in [2.45, 2.75) is 78.6 Å². The van der Waals surface area contributed by atoms with Gasteiger partial charge in [-0.2, -0.15) is 0 Å². The molecule has 0 unspecified atom stereocenters. The zero-order valence-corrected chi connectivity index (χ0v) is 30.2. The van der Waals surface area contributed by atoms with Crippen LogP contribution >= 0.6 is 0 Å². The van der Waals surface area contributed by atoms with E-state index in [2.05, 4.69) is 124 Å². The van der Waals surface area contributed by atoms with E-state index < -0.39 is 0 Å². The summed E-state index contributed by atoms with van der Waals surface area (Å²) >= 11 is 0. The molecule has 48 heavy (non-hydrogen) atoms. The van der Waals surface area contributed by atoms with E-state index >= 15 is 0 Å². The van der Waals surface area contributed by atoms with Gasteiger partial charge in [0.25, 0.3) is 0 Å². The number of phenols is 2. The number of likely N-dealkylation sites (N-methyl/N-ethyl adjacent to an activating group) is 2. The number of rotatable bonds is 13. The van der Waals surface area contributed by atoms with Crippen molar-refractivity contribution >= 4 is 12.4 Å². The van der Waals surface area contributed by atoms with Gasteiger partial charge in [0.05, 0.1) is 13.1 Å². The fourth-order valence-corrected chi connectivity index (χ4v) is 5.49. The Balaban J connectivity index is 1.44. The van der Waals surface area contributed by atoms with Gasteiger partial charge >= 0.3 is 0 Å². The Hall–Kier alpha value is -4.26. The summed E-state index contributed by atoms with van der Waals surface area (Å²) < 4.78 is 0. The van der Waals surface area contributed by atoms with Gasteiger partial charge < -0.3 is 20.0 Å². The summed E-state index contributed by atoms with van der Waals surface area (Å²) in [5.41, 5.74) is 7.74. The maximum absolute atomic E-state index is 11.3. The standard InChI is InChI=1S/C42H54N4O2/c1-41(2,3)37-21-33(27-43-25-31-15-11-9-12-16-31)39(47)35(23-37)29-45(7)19-20-46(8)30-36-24-38(42(4,5)6)22-34(40(36)48)28-44-26-32-17-13-10-14-18-32/h9-18,21-24,27-28,47-48H,19-20,25-26,29-30H2,1-8H3/b43-27+,44-28+. The van der Waals surface area contributed by atoms with Gasteiger partial charge in [0.2, 0.25) is 0 Å². The molecule has 6 heteroatoms. The second-order valence-corrected chi connectivity index (χ2v) is 15.0. The lowest BCUT2D eigenvalue weighted by atomic mass is 9.84. The SMILES string of the molecule is CN(CCN(C)Cc1cc(C(C)(C)C)cc(/C=N/Cc2ccccc2)c1O)Cc1cc(C(C)(C)C)cc(/C=N/Cc2ccccc2)c1O. The number of phenolic OH excluding ortho intramolecular Hbond substituents is 2.